The summed E-state index contributed by atoms with van der Waals surface area (Å²) in [4.78, 5) is 17.3. The molecule has 9 nitrogen and oxygen atoms in total. The van der Waals surface area contributed by atoms with E-state index in [1.165, 1.54) is 6.92 Å². The van der Waals surface area contributed by atoms with E-state index in [1.807, 2.05) is 6.92 Å². The van der Waals surface area contributed by atoms with Gasteiger partial charge in [0.2, 0.25) is 0 Å². The Morgan fingerprint density at radius 3 is 2.80 bits per heavy atom. The van der Waals surface area contributed by atoms with Crippen molar-refractivity contribution in [2.45, 2.75) is 88.1 Å². The maximum Gasteiger partial charge on any atom is 0.418 e. The minimum absolute atomic E-state index is 0.0287. The number of piperazine rings is 1. The Kier molecular flexibility index (Phi) is 6.80. The van der Waals surface area contributed by atoms with Gasteiger partial charge in [0.25, 0.3) is 0 Å². The van der Waals surface area contributed by atoms with Crippen molar-refractivity contribution in [3.8, 4) is 23.0 Å². The molecule has 246 valence electrons. The molecule has 3 N–H and O–H groups in total. The van der Waals surface area contributed by atoms with Gasteiger partial charge in [0.15, 0.2) is 11.6 Å². The van der Waals surface area contributed by atoms with E-state index in [2.05, 4.69) is 25.1 Å². The van der Waals surface area contributed by atoms with Crippen molar-refractivity contribution in [3.63, 3.8) is 0 Å². The standard InChI is InChI=1S/C31H33ClF5N7O2/c1-13-8-18(38)40-24(21(13)31(35,36)37)19-22(32)27-20-25(23(19)34)41-29(45-12-30-6-3-7-43(30)10-15(33)9-30)42-28(20)44-11-16-4-5-17(39-16)26(44)14(2)46-27/h8,14-17,26,39H,3-7,9-12H2,1-2H3,(H2,38,40)/t14-,15+,16+,17-,26+,30-/m0/s1. The molecule has 0 saturated carbocycles. The van der Waals surface area contributed by atoms with Gasteiger partial charge in [0.1, 0.15) is 36.0 Å². The van der Waals surface area contributed by atoms with Crippen molar-refractivity contribution in [1.29, 1.82) is 0 Å². The van der Waals surface area contributed by atoms with E-state index in [1.54, 1.807) is 0 Å². The Balaban J connectivity index is 1.35. The van der Waals surface area contributed by atoms with Crippen LogP contribution in [0.15, 0.2) is 6.07 Å². The number of anilines is 2. The Labute approximate surface area is 266 Å². The van der Waals surface area contributed by atoms with Gasteiger partial charge in [-0.15, -0.1) is 0 Å². The number of nitrogens with two attached hydrogens (primary N) is 1. The quantitative estimate of drug-likeness (QED) is 0.353. The molecule has 7 heterocycles. The van der Waals surface area contributed by atoms with Crippen LogP contribution in [0.25, 0.3) is 22.2 Å². The number of ether oxygens (including phenoxy) is 2. The third kappa shape index (κ3) is 4.50. The Bertz CT molecular complexity index is 1760. The second-order valence-corrected chi connectivity index (χ2v) is 13.7. The summed E-state index contributed by atoms with van der Waals surface area (Å²) in [6.45, 7) is 4.78. The smallest absolute Gasteiger partial charge is 0.418 e. The molecule has 8 rings (SSSR count). The summed E-state index contributed by atoms with van der Waals surface area (Å²) >= 11 is 6.86. The summed E-state index contributed by atoms with van der Waals surface area (Å²) in [7, 11) is 0. The highest BCUT2D eigenvalue weighted by molar-refractivity contribution is 6.36. The van der Waals surface area contributed by atoms with Crippen LogP contribution >= 0.6 is 11.6 Å². The number of benzene rings is 1. The summed E-state index contributed by atoms with van der Waals surface area (Å²) in [5.74, 6) is -1.05. The molecule has 0 amide bonds. The first-order valence-corrected chi connectivity index (χ1v) is 16.0. The van der Waals surface area contributed by atoms with Crippen LogP contribution in [0.2, 0.25) is 5.02 Å². The lowest BCUT2D eigenvalue weighted by atomic mass is 9.95. The number of halogens is 6. The minimum atomic E-state index is -4.90. The highest BCUT2D eigenvalue weighted by Gasteiger charge is 2.50. The lowest BCUT2D eigenvalue weighted by molar-refractivity contribution is -0.137. The number of pyridine rings is 1. The van der Waals surface area contributed by atoms with Gasteiger partial charge in [-0.25, -0.2) is 13.8 Å². The number of alkyl halides is 4. The van der Waals surface area contributed by atoms with Crippen LogP contribution in [0, 0.1) is 12.7 Å². The molecule has 0 radical (unpaired) electrons. The number of hydrogen-bond donors (Lipinski definition) is 2. The van der Waals surface area contributed by atoms with Gasteiger partial charge in [-0.05, 0) is 57.7 Å². The van der Waals surface area contributed by atoms with E-state index in [9.17, 15) is 17.6 Å². The first-order chi connectivity index (χ1) is 21.8. The fourth-order valence-electron chi connectivity index (χ4n) is 8.61. The highest BCUT2D eigenvalue weighted by atomic mass is 35.5. The van der Waals surface area contributed by atoms with Crippen molar-refractivity contribution < 1.29 is 31.4 Å². The Hall–Kier alpha value is -3.23. The molecule has 15 heteroatoms. The molecule has 0 aliphatic carbocycles. The molecule has 2 bridgehead atoms. The third-order valence-corrected chi connectivity index (χ3v) is 10.8. The van der Waals surface area contributed by atoms with Crippen LogP contribution in [-0.2, 0) is 6.18 Å². The van der Waals surface area contributed by atoms with Crippen LogP contribution in [0.1, 0.15) is 50.2 Å². The predicted molar refractivity (Wildman–Crippen MR) is 162 cm³/mol. The van der Waals surface area contributed by atoms with Gasteiger partial charge in [0.05, 0.1) is 38.8 Å². The predicted octanol–water partition coefficient (Wildman–Crippen LogP) is 5.44. The number of aryl methyl sites for hydroxylation is 1. The molecule has 46 heavy (non-hydrogen) atoms. The van der Waals surface area contributed by atoms with Gasteiger partial charge in [-0.3, -0.25) is 4.90 Å². The lowest BCUT2D eigenvalue weighted by Crippen LogP contribution is -2.62. The summed E-state index contributed by atoms with van der Waals surface area (Å²) in [6, 6.07) is 0.862. The Morgan fingerprint density at radius 2 is 2.02 bits per heavy atom. The first-order valence-electron chi connectivity index (χ1n) is 15.6. The molecule has 5 aliphatic heterocycles. The summed E-state index contributed by atoms with van der Waals surface area (Å²) in [5.41, 5.74) is 2.29. The largest absolute Gasteiger partial charge is 0.486 e. The SMILES string of the molecule is Cc1cc(N)nc(-c2c(Cl)c3c4c(nc(OC[C@@]56CCCN5C[C@H](F)C6)nc4c2F)N2C[C@H]4CC[C@H](N4)[C@H]2[C@H](C)O3)c1C(F)(F)F. The number of nitrogen functional groups attached to an aromatic ring is 1. The molecular formula is C31H33ClF5N7O2. The zero-order chi connectivity index (χ0) is 32.3. The molecule has 3 aromatic rings. The zero-order valence-corrected chi connectivity index (χ0v) is 26.0. The van der Waals surface area contributed by atoms with Crippen molar-refractivity contribution in [3.05, 3.63) is 28.0 Å². The molecule has 1 aromatic carbocycles. The van der Waals surface area contributed by atoms with Crippen molar-refractivity contribution in [2.24, 2.45) is 0 Å². The maximum atomic E-state index is 17.0. The van der Waals surface area contributed by atoms with Crippen molar-refractivity contribution in [2.75, 3.05) is 36.9 Å². The van der Waals surface area contributed by atoms with Gasteiger partial charge < -0.3 is 25.4 Å². The fraction of sp³-hybridized carbons (Fsp3) is 0.581. The van der Waals surface area contributed by atoms with Gasteiger partial charge in [0, 0.05) is 31.6 Å². The molecule has 2 aromatic heterocycles. The van der Waals surface area contributed by atoms with Crippen LogP contribution < -0.4 is 25.4 Å². The number of hydrogen-bond acceptors (Lipinski definition) is 9. The second kappa shape index (κ2) is 10.4. The maximum absolute atomic E-state index is 17.0. The first kappa shape index (κ1) is 30.1. The van der Waals surface area contributed by atoms with Gasteiger partial charge in [-0.1, -0.05) is 11.6 Å². The number of aromatic nitrogens is 3. The fourth-order valence-corrected chi connectivity index (χ4v) is 8.93. The number of nitrogens with one attached hydrogen (secondary N) is 1. The highest BCUT2D eigenvalue weighted by Crippen LogP contribution is 2.52. The van der Waals surface area contributed by atoms with E-state index < -0.39 is 46.6 Å². The van der Waals surface area contributed by atoms with Crippen LogP contribution in [0.5, 0.6) is 11.8 Å². The summed E-state index contributed by atoms with van der Waals surface area (Å²) in [6.07, 6.45) is -2.64. The van der Waals surface area contributed by atoms with E-state index >= 15 is 4.39 Å². The normalized spacial score (nSPS) is 30.3. The molecule has 6 atom stereocenters. The molecule has 5 aliphatic rings. The van der Waals surface area contributed by atoms with E-state index in [0.717, 1.165) is 38.3 Å². The summed E-state index contributed by atoms with van der Waals surface area (Å²) < 4.78 is 87.4. The van der Waals surface area contributed by atoms with Gasteiger partial charge in [-0.2, -0.15) is 23.1 Å². The van der Waals surface area contributed by atoms with Crippen LogP contribution in [0.3, 0.4) is 0 Å². The molecule has 0 unspecified atom stereocenters. The van der Waals surface area contributed by atoms with Crippen molar-refractivity contribution in [1.82, 2.24) is 25.2 Å². The second-order valence-electron chi connectivity index (χ2n) is 13.3. The Morgan fingerprint density at radius 1 is 1.22 bits per heavy atom. The molecule has 4 saturated heterocycles. The average Bonchev–Trinajstić information content (AvgIpc) is 3.61. The van der Waals surface area contributed by atoms with Crippen molar-refractivity contribution >= 4 is 34.1 Å². The monoisotopic (exact) mass is 665 g/mol. The summed E-state index contributed by atoms with van der Waals surface area (Å²) in [5, 5.41) is 3.39. The number of fused-ring (bicyclic) bond motifs is 6. The number of rotatable bonds is 4. The van der Waals surface area contributed by atoms with Crippen LogP contribution in [-0.4, -0.2) is 82.0 Å². The van der Waals surface area contributed by atoms with Gasteiger partial charge >= 0.3 is 12.2 Å². The van der Waals surface area contributed by atoms with E-state index in [-0.39, 0.29) is 63.8 Å². The topological polar surface area (TPSA) is 102 Å². The van der Waals surface area contributed by atoms with E-state index in [4.69, 9.17) is 31.8 Å². The third-order valence-electron chi connectivity index (χ3n) is 10.5. The molecular weight excluding hydrogens is 633 g/mol. The molecule has 0 spiro atoms. The zero-order valence-electron chi connectivity index (χ0n) is 25.2. The lowest BCUT2D eigenvalue weighted by Gasteiger charge is -2.43. The van der Waals surface area contributed by atoms with E-state index in [0.29, 0.717) is 25.3 Å². The molecule has 4 fully saturated rings. The average molecular weight is 666 g/mol. The number of nitrogens with zero attached hydrogens (tertiary/aromatic N) is 5. The minimum Gasteiger partial charge on any atom is -0.486 e. The van der Waals surface area contributed by atoms with Crippen LogP contribution in [0.4, 0.5) is 33.6 Å².